The number of aromatic nitrogens is 1. The van der Waals surface area contributed by atoms with Crippen LogP contribution in [0.25, 0.3) is 0 Å². The van der Waals surface area contributed by atoms with Crippen LogP contribution in [0.2, 0.25) is 0 Å². The molecule has 0 saturated heterocycles. The largest absolute Gasteiger partial charge is 0.384 e. The molecule has 1 heterocycles. The van der Waals surface area contributed by atoms with E-state index in [1.54, 1.807) is 24.5 Å². The van der Waals surface area contributed by atoms with Gasteiger partial charge in [0.2, 0.25) is 0 Å². The fourth-order valence-electron chi connectivity index (χ4n) is 1.94. The average molecular weight is 287 g/mol. The Bertz CT molecular complexity index is 602. The predicted molar refractivity (Wildman–Crippen MR) is 79.6 cm³/mol. The second kappa shape index (κ2) is 7.50. The first-order valence-electron chi connectivity index (χ1n) is 6.76. The van der Waals surface area contributed by atoms with E-state index < -0.39 is 5.82 Å². The van der Waals surface area contributed by atoms with Crippen molar-refractivity contribution in [2.45, 2.75) is 19.4 Å². The monoisotopic (exact) mass is 287 g/mol. The first-order valence-corrected chi connectivity index (χ1v) is 6.76. The van der Waals surface area contributed by atoms with Crippen LogP contribution < -0.4 is 5.73 Å². The van der Waals surface area contributed by atoms with Crippen LogP contribution >= 0.6 is 0 Å². The molecule has 0 atom stereocenters. The molecule has 0 unspecified atom stereocenters. The van der Waals surface area contributed by atoms with E-state index in [4.69, 9.17) is 15.9 Å². The van der Waals surface area contributed by atoms with Gasteiger partial charge in [-0.25, -0.2) is 4.39 Å². The van der Waals surface area contributed by atoms with E-state index in [0.717, 1.165) is 12.8 Å². The summed E-state index contributed by atoms with van der Waals surface area (Å²) in [4.78, 5) is 3.96. The maximum atomic E-state index is 13.7. The quantitative estimate of drug-likeness (QED) is 0.467. The van der Waals surface area contributed by atoms with Gasteiger partial charge in [0.25, 0.3) is 0 Å². The Hall–Kier alpha value is -2.27. The number of ether oxygens (including phenoxy) is 1. The SMILES string of the molecule is N=C(N)c1ccc(COCCCc2ccncc2)c(F)c1. The van der Waals surface area contributed by atoms with Gasteiger partial charge in [0.05, 0.1) is 6.61 Å². The first-order chi connectivity index (χ1) is 10.2. The van der Waals surface area contributed by atoms with E-state index in [0.29, 0.717) is 17.7 Å². The summed E-state index contributed by atoms with van der Waals surface area (Å²) < 4.78 is 19.2. The zero-order valence-electron chi connectivity index (χ0n) is 11.7. The number of amidine groups is 1. The van der Waals surface area contributed by atoms with E-state index >= 15 is 0 Å². The third kappa shape index (κ3) is 4.65. The number of pyridine rings is 1. The number of hydrogen-bond donors (Lipinski definition) is 2. The average Bonchev–Trinajstić information content (AvgIpc) is 2.49. The van der Waals surface area contributed by atoms with Crippen molar-refractivity contribution in [2.75, 3.05) is 6.61 Å². The van der Waals surface area contributed by atoms with Gasteiger partial charge in [-0.15, -0.1) is 0 Å². The Morgan fingerprint density at radius 1 is 1.24 bits per heavy atom. The topological polar surface area (TPSA) is 72.0 Å². The molecule has 21 heavy (non-hydrogen) atoms. The lowest BCUT2D eigenvalue weighted by molar-refractivity contribution is 0.116. The smallest absolute Gasteiger partial charge is 0.129 e. The van der Waals surface area contributed by atoms with E-state index in [-0.39, 0.29) is 12.4 Å². The molecule has 2 rings (SSSR count). The van der Waals surface area contributed by atoms with Gasteiger partial charge in [-0.2, -0.15) is 0 Å². The van der Waals surface area contributed by atoms with Crippen LogP contribution in [0.5, 0.6) is 0 Å². The van der Waals surface area contributed by atoms with Crippen molar-refractivity contribution in [3.8, 4) is 0 Å². The highest BCUT2D eigenvalue weighted by Gasteiger charge is 2.05. The maximum absolute atomic E-state index is 13.7. The molecular weight excluding hydrogens is 269 g/mol. The van der Waals surface area contributed by atoms with E-state index in [1.807, 2.05) is 12.1 Å². The Labute approximate surface area is 123 Å². The van der Waals surface area contributed by atoms with Crippen molar-refractivity contribution in [3.05, 3.63) is 65.2 Å². The van der Waals surface area contributed by atoms with E-state index in [1.165, 1.54) is 11.6 Å². The van der Waals surface area contributed by atoms with Gasteiger partial charge in [-0.3, -0.25) is 10.4 Å². The van der Waals surface area contributed by atoms with Crippen molar-refractivity contribution in [3.63, 3.8) is 0 Å². The molecule has 1 aromatic carbocycles. The first kappa shape index (κ1) is 15.1. The maximum Gasteiger partial charge on any atom is 0.129 e. The molecule has 0 bridgehead atoms. The number of hydrogen-bond acceptors (Lipinski definition) is 3. The second-order valence-electron chi connectivity index (χ2n) is 4.73. The summed E-state index contributed by atoms with van der Waals surface area (Å²) in [7, 11) is 0. The molecule has 0 aliphatic heterocycles. The summed E-state index contributed by atoms with van der Waals surface area (Å²) in [6, 6.07) is 8.44. The van der Waals surface area contributed by atoms with Crippen molar-refractivity contribution in [1.29, 1.82) is 5.41 Å². The molecule has 0 amide bonds. The van der Waals surface area contributed by atoms with Gasteiger partial charge in [0.15, 0.2) is 0 Å². The lowest BCUT2D eigenvalue weighted by Gasteiger charge is -2.07. The Morgan fingerprint density at radius 3 is 2.67 bits per heavy atom. The third-order valence-corrected chi connectivity index (χ3v) is 3.13. The number of nitrogens with one attached hydrogen (secondary N) is 1. The highest BCUT2D eigenvalue weighted by molar-refractivity contribution is 5.94. The van der Waals surface area contributed by atoms with E-state index in [9.17, 15) is 4.39 Å². The number of aryl methyl sites for hydroxylation is 1. The van der Waals surface area contributed by atoms with Crippen molar-refractivity contribution in [1.82, 2.24) is 4.98 Å². The van der Waals surface area contributed by atoms with Crippen LogP contribution in [-0.2, 0) is 17.8 Å². The van der Waals surface area contributed by atoms with Gasteiger partial charge >= 0.3 is 0 Å². The minimum atomic E-state index is -0.392. The highest BCUT2D eigenvalue weighted by atomic mass is 19.1. The fourth-order valence-corrected chi connectivity index (χ4v) is 1.94. The van der Waals surface area contributed by atoms with E-state index in [2.05, 4.69) is 4.98 Å². The van der Waals surface area contributed by atoms with Crippen LogP contribution in [0, 0.1) is 11.2 Å². The second-order valence-corrected chi connectivity index (χ2v) is 4.73. The molecule has 4 nitrogen and oxygen atoms in total. The van der Waals surface area contributed by atoms with Gasteiger partial charge < -0.3 is 10.5 Å². The number of nitrogen functional groups attached to an aromatic ring is 1. The Balaban J connectivity index is 1.75. The van der Waals surface area contributed by atoms with Crippen LogP contribution in [0.4, 0.5) is 4.39 Å². The fraction of sp³-hybridized carbons (Fsp3) is 0.250. The van der Waals surface area contributed by atoms with Crippen molar-refractivity contribution >= 4 is 5.84 Å². The molecule has 0 aliphatic rings. The highest BCUT2D eigenvalue weighted by Crippen LogP contribution is 2.12. The normalized spacial score (nSPS) is 10.5. The van der Waals surface area contributed by atoms with Gasteiger partial charge in [0, 0.05) is 30.1 Å². The molecule has 0 aliphatic carbocycles. The molecule has 1 aromatic heterocycles. The number of nitrogens with zero attached hydrogens (tertiary/aromatic N) is 1. The summed E-state index contributed by atoms with van der Waals surface area (Å²) in [5.41, 5.74) is 7.38. The minimum Gasteiger partial charge on any atom is -0.384 e. The molecule has 2 aromatic rings. The van der Waals surface area contributed by atoms with Crippen LogP contribution in [0.15, 0.2) is 42.7 Å². The molecule has 0 radical (unpaired) electrons. The van der Waals surface area contributed by atoms with Crippen molar-refractivity contribution in [2.24, 2.45) is 5.73 Å². The Morgan fingerprint density at radius 2 is 2.00 bits per heavy atom. The lowest BCUT2D eigenvalue weighted by Crippen LogP contribution is -2.11. The third-order valence-electron chi connectivity index (χ3n) is 3.13. The molecule has 0 saturated carbocycles. The Kier molecular flexibility index (Phi) is 5.40. The molecule has 110 valence electrons. The summed E-state index contributed by atoms with van der Waals surface area (Å²) >= 11 is 0. The molecule has 5 heteroatoms. The molecule has 0 fully saturated rings. The predicted octanol–water partition coefficient (Wildman–Crippen LogP) is 2.65. The van der Waals surface area contributed by atoms with Crippen LogP contribution in [-0.4, -0.2) is 17.4 Å². The summed E-state index contributed by atoms with van der Waals surface area (Å²) in [6.45, 7) is 0.788. The summed E-state index contributed by atoms with van der Waals surface area (Å²) in [5, 5.41) is 7.25. The number of nitrogens with two attached hydrogens (primary N) is 1. The molecule has 0 spiro atoms. The molecular formula is C16H18FN3O. The number of benzene rings is 1. The summed E-state index contributed by atoms with van der Waals surface area (Å²) in [6.07, 6.45) is 5.32. The van der Waals surface area contributed by atoms with Crippen LogP contribution in [0.1, 0.15) is 23.1 Å². The van der Waals surface area contributed by atoms with Gasteiger partial charge in [0.1, 0.15) is 11.7 Å². The zero-order chi connectivity index (χ0) is 15.1. The van der Waals surface area contributed by atoms with Crippen molar-refractivity contribution < 1.29 is 9.13 Å². The number of halogens is 1. The van der Waals surface area contributed by atoms with Gasteiger partial charge in [-0.1, -0.05) is 12.1 Å². The standard InChI is InChI=1S/C16H18FN3O/c17-15-10-13(16(18)19)3-4-14(15)11-21-9-1-2-12-5-7-20-8-6-12/h3-8,10H,1-2,9,11H2,(H3,18,19). The van der Waals surface area contributed by atoms with Gasteiger partial charge in [-0.05, 0) is 36.6 Å². The number of rotatable bonds is 7. The van der Waals surface area contributed by atoms with Crippen LogP contribution in [0.3, 0.4) is 0 Å². The minimum absolute atomic E-state index is 0.140. The summed E-state index contributed by atoms with van der Waals surface area (Å²) in [5.74, 6) is -0.532. The lowest BCUT2D eigenvalue weighted by atomic mass is 10.1. The zero-order valence-corrected chi connectivity index (χ0v) is 11.7. The molecule has 3 N–H and O–H groups in total.